The van der Waals surface area contributed by atoms with E-state index in [1.165, 1.54) is 0 Å². The van der Waals surface area contributed by atoms with Gasteiger partial charge in [0.2, 0.25) is 0 Å². The third-order valence-electron chi connectivity index (χ3n) is 4.13. The van der Waals surface area contributed by atoms with Crippen LogP contribution in [0.2, 0.25) is 0 Å². The van der Waals surface area contributed by atoms with Crippen LogP contribution in [0.1, 0.15) is 33.2 Å². The van der Waals surface area contributed by atoms with Gasteiger partial charge in [0.05, 0.1) is 30.1 Å². The first-order valence-electron chi connectivity index (χ1n) is 9.15. The number of anilines is 1. The fraction of sp³-hybridized carbons (Fsp3) is 0.200. The second kappa shape index (κ2) is 9.87. The number of rotatable bonds is 7. The Bertz CT molecular complexity index is 1280. The summed E-state index contributed by atoms with van der Waals surface area (Å²) in [4.78, 5) is 20.6. The summed E-state index contributed by atoms with van der Waals surface area (Å²) in [5.74, 6) is -1.48. The van der Waals surface area contributed by atoms with Gasteiger partial charge in [-0.05, 0) is 50.3 Å². The number of ether oxygens (including phenoxy) is 1. The van der Waals surface area contributed by atoms with Crippen molar-refractivity contribution < 1.29 is 9.53 Å². The number of nitrogens with zero attached hydrogens (tertiary/aromatic N) is 7. The standard InChI is InChI=1S/C20H16N8O2S2/c1-4-30-20(29)17-16(24-3)15(28-32-17)13-7-12(5-6-14(13)23)26-27-18-10(2)25-19(31-18)11(8-21)9-22/h5-7,11H,3-4,23H2,1-2H3/b27-26+. The van der Waals surface area contributed by atoms with Crippen LogP contribution in [0.15, 0.2) is 33.4 Å². The van der Waals surface area contributed by atoms with Crippen LogP contribution in [-0.2, 0) is 4.74 Å². The van der Waals surface area contributed by atoms with Crippen LogP contribution >= 0.6 is 22.9 Å². The van der Waals surface area contributed by atoms with Crippen LogP contribution in [0.25, 0.3) is 11.3 Å². The van der Waals surface area contributed by atoms with Gasteiger partial charge in [-0.2, -0.15) is 14.9 Å². The Hall–Kier alpha value is -4.00. The summed E-state index contributed by atoms with van der Waals surface area (Å²) < 4.78 is 9.36. The molecule has 0 amide bonds. The minimum Gasteiger partial charge on any atom is -0.462 e. The van der Waals surface area contributed by atoms with Crippen LogP contribution < -0.4 is 5.73 Å². The van der Waals surface area contributed by atoms with E-state index in [1.807, 2.05) is 12.1 Å². The number of thiazole rings is 1. The lowest BCUT2D eigenvalue weighted by Crippen LogP contribution is -2.02. The van der Waals surface area contributed by atoms with Crippen molar-refractivity contribution in [2.45, 2.75) is 19.8 Å². The van der Waals surface area contributed by atoms with Gasteiger partial charge in [-0.25, -0.2) is 9.78 Å². The summed E-state index contributed by atoms with van der Waals surface area (Å²) >= 11 is 2.08. The van der Waals surface area contributed by atoms with Crippen molar-refractivity contribution in [3.8, 4) is 23.4 Å². The lowest BCUT2D eigenvalue weighted by molar-refractivity contribution is 0.0533. The van der Waals surface area contributed by atoms with Crippen molar-refractivity contribution in [2.75, 3.05) is 12.3 Å². The van der Waals surface area contributed by atoms with Crippen molar-refractivity contribution in [1.82, 2.24) is 9.36 Å². The number of nitriles is 2. The van der Waals surface area contributed by atoms with Crippen molar-refractivity contribution in [2.24, 2.45) is 15.2 Å². The normalized spacial score (nSPS) is 10.8. The highest BCUT2D eigenvalue weighted by molar-refractivity contribution is 7.15. The quantitative estimate of drug-likeness (QED) is 0.217. The number of aryl methyl sites for hydroxylation is 1. The summed E-state index contributed by atoms with van der Waals surface area (Å²) in [5, 5.41) is 27.4. The van der Waals surface area contributed by atoms with Gasteiger partial charge in [0.25, 0.3) is 0 Å². The fourth-order valence-electron chi connectivity index (χ4n) is 2.62. The van der Waals surface area contributed by atoms with E-state index in [-0.39, 0.29) is 17.2 Å². The van der Waals surface area contributed by atoms with Gasteiger partial charge in [0.15, 0.2) is 15.8 Å². The zero-order valence-corrected chi connectivity index (χ0v) is 18.7. The highest BCUT2D eigenvalue weighted by Gasteiger charge is 2.23. The highest BCUT2D eigenvalue weighted by Crippen LogP contribution is 2.40. The summed E-state index contributed by atoms with van der Waals surface area (Å²) in [6.07, 6.45) is 0. The van der Waals surface area contributed by atoms with Crippen molar-refractivity contribution in [1.29, 1.82) is 10.5 Å². The molecule has 0 fully saturated rings. The molecule has 10 nitrogen and oxygen atoms in total. The van der Waals surface area contributed by atoms with Crippen LogP contribution in [-0.4, -0.2) is 28.7 Å². The number of esters is 1. The maximum absolute atomic E-state index is 12.2. The number of aromatic nitrogens is 2. The lowest BCUT2D eigenvalue weighted by atomic mass is 10.1. The number of nitrogen functional groups attached to an aromatic ring is 1. The molecule has 0 atom stereocenters. The van der Waals surface area contributed by atoms with Gasteiger partial charge in [-0.15, -0.1) is 10.2 Å². The Labute approximate surface area is 191 Å². The molecule has 1 aromatic carbocycles. The van der Waals surface area contributed by atoms with Crippen molar-refractivity contribution in [3.63, 3.8) is 0 Å². The third kappa shape index (κ3) is 4.51. The lowest BCUT2D eigenvalue weighted by Gasteiger charge is -2.05. The topological polar surface area (TPSA) is 163 Å². The summed E-state index contributed by atoms with van der Waals surface area (Å²) in [7, 11) is 0. The molecule has 160 valence electrons. The van der Waals surface area contributed by atoms with Gasteiger partial charge < -0.3 is 10.5 Å². The van der Waals surface area contributed by atoms with Crippen LogP contribution in [0.4, 0.5) is 22.1 Å². The Morgan fingerprint density at radius 2 is 2.09 bits per heavy atom. The number of hydrogen-bond acceptors (Lipinski definition) is 12. The molecule has 32 heavy (non-hydrogen) atoms. The van der Waals surface area contributed by atoms with Gasteiger partial charge in [0.1, 0.15) is 16.4 Å². The van der Waals surface area contributed by atoms with Crippen LogP contribution in [0.5, 0.6) is 0 Å². The van der Waals surface area contributed by atoms with E-state index in [0.717, 1.165) is 22.9 Å². The zero-order valence-electron chi connectivity index (χ0n) is 17.1. The van der Waals surface area contributed by atoms with E-state index in [2.05, 4.69) is 31.3 Å². The number of hydrogen-bond donors (Lipinski definition) is 1. The Kier molecular flexibility index (Phi) is 7.00. The first-order valence-corrected chi connectivity index (χ1v) is 10.7. The van der Waals surface area contributed by atoms with E-state index in [1.54, 1.807) is 32.0 Å². The number of nitrogens with two attached hydrogens (primary N) is 1. The first kappa shape index (κ1) is 22.7. The Morgan fingerprint density at radius 1 is 1.34 bits per heavy atom. The molecule has 2 aromatic heterocycles. The molecule has 0 radical (unpaired) electrons. The number of azo groups is 1. The summed E-state index contributed by atoms with van der Waals surface area (Å²) in [5.41, 5.74) is 8.79. The monoisotopic (exact) mass is 464 g/mol. The average molecular weight is 465 g/mol. The molecular weight excluding hydrogens is 448 g/mol. The van der Waals surface area contributed by atoms with E-state index in [4.69, 9.17) is 21.0 Å². The van der Waals surface area contributed by atoms with Crippen molar-refractivity contribution in [3.05, 3.63) is 33.8 Å². The molecule has 0 saturated carbocycles. The van der Waals surface area contributed by atoms with E-state index in [9.17, 15) is 4.79 Å². The molecule has 0 aliphatic rings. The molecule has 0 spiro atoms. The molecule has 0 unspecified atom stereocenters. The molecule has 3 aromatic rings. The predicted octanol–water partition coefficient (Wildman–Crippen LogP) is 5.21. The largest absolute Gasteiger partial charge is 0.462 e. The first-order chi connectivity index (χ1) is 15.4. The number of aliphatic imine (C=N–C) groups is 1. The maximum Gasteiger partial charge on any atom is 0.352 e. The third-order valence-corrected chi connectivity index (χ3v) is 6.05. The van der Waals surface area contributed by atoms with Gasteiger partial charge in [-0.1, -0.05) is 11.3 Å². The SMILES string of the molecule is C=Nc1c(-c2cc(/N=N/c3sc(C(C#N)C#N)nc3C)ccc2N)nsc1C(=O)OCC. The van der Waals surface area contributed by atoms with Gasteiger partial charge >= 0.3 is 5.97 Å². The van der Waals surface area contributed by atoms with Crippen LogP contribution in [0.3, 0.4) is 0 Å². The van der Waals surface area contributed by atoms with Crippen molar-refractivity contribution >= 4 is 57.6 Å². The zero-order chi connectivity index (χ0) is 23.3. The molecule has 0 aliphatic heterocycles. The number of carbonyl (C=O) groups is 1. The summed E-state index contributed by atoms with van der Waals surface area (Å²) in [6.45, 7) is 7.20. The molecule has 12 heteroatoms. The predicted molar refractivity (Wildman–Crippen MR) is 122 cm³/mol. The van der Waals surface area contributed by atoms with E-state index in [0.29, 0.717) is 38.3 Å². The molecule has 0 saturated heterocycles. The van der Waals surface area contributed by atoms with E-state index < -0.39 is 11.9 Å². The minimum absolute atomic E-state index is 0.225. The average Bonchev–Trinajstić information content (AvgIpc) is 3.37. The minimum atomic E-state index is -0.950. The van der Waals surface area contributed by atoms with Gasteiger partial charge in [0, 0.05) is 11.3 Å². The molecule has 2 heterocycles. The molecule has 3 rings (SSSR count). The Morgan fingerprint density at radius 3 is 2.75 bits per heavy atom. The second-order valence-electron chi connectivity index (χ2n) is 6.19. The molecule has 2 N–H and O–H groups in total. The molecule has 0 aliphatic carbocycles. The number of carbonyl (C=O) groups excluding carboxylic acids is 1. The number of benzene rings is 1. The van der Waals surface area contributed by atoms with Gasteiger partial charge in [-0.3, -0.25) is 4.99 Å². The van der Waals surface area contributed by atoms with E-state index >= 15 is 0 Å². The fourth-order valence-corrected chi connectivity index (χ4v) is 4.25. The highest BCUT2D eigenvalue weighted by atomic mass is 32.1. The smallest absolute Gasteiger partial charge is 0.352 e. The van der Waals surface area contributed by atoms with Crippen LogP contribution in [0, 0.1) is 29.6 Å². The Balaban J connectivity index is 1.96. The summed E-state index contributed by atoms with van der Waals surface area (Å²) in [6, 6.07) is 8.77. The second-order valence-corrected chi connectivity index (χ2v) is 7.98. The molecular formula is C20H16N8O2S2. The maximum atomic E-state index is 12.2. The molecule has 0 bridgehead atoms.